The summed E-state index contributed by atoms with van der Waals surface area (Å²) in [6, 6.07) is 0. The third-order valence-electron chi connectivity index (χ3n) is 1.51. The predicted molar refractivity (Wildman–Crippen MR) is 53.6 cm³/mol. The molecule has 3 nitrogen and oxygen atoms in total. The zero-order chi connectivity index (χ0) is 10.9. The van der Waals surface area contributed by atoms with Crippen molar-refractivity contribution < 1.29 is 15.0 Å². The molecular formula is C10H18O3. The summed E-state index contributed by atoms with van der Waals surface area (Å²) in [5.74, 6) is -0.845. The van der Waals surface area contributed by atoms with Gasteiger partial charge in [-0.05, 0) is 27.7 Å². The molecule has 0 unspecified atom stereocenters. The van der Waals surface area contributed by atoms with Gasteiger partial charge in [-0.25, -0.2) is 4.79 Å². The minimum atomic E-state index is -0.845. The van der Waals surface area contributed by atoms with E-state index < -0.39 is 5.97 Å². The van der Waals surface area contributed by atoms with E-state index >= 15 is 0 Å². The monoisotopic (exact) mass is 186 g/mol. The number of hydrogen-bond acceptors (Lipinski definition) is 2. The lowest BCUT2D eigenvalue weighted by Crippen LogP contribution is -1.93. The molecule has 0 spiro atoms. The van der Waals surface area contributed by atoms with Crippen LogP contribution in [-0.4, -0.2) is 22.8 Å². The number of rotatable bonds is 2. The van der Waals surface area contributed by atoms with Gasteiger partial charge in [-0.3, -0.25) is 0 Å². The number of aliphatic hydroxyl groups is 1. The highest BCUT2D eigenvalue weighted by Gasteiger charge is 1.93. The van der Waals surface area contributed by atoms with E-state index in [1.807, 2.05) is 19.9 Å². The number of allylic oxidation sites excluding steroid dienone is 2. The standard InChI is InChI=1S/C5H8O2.C5H10O/c1-3-4(2)5(6)7;1-3-5(2)4-6/h3H,1-2H3,(H,6,7);3,6H,4H2,1-2H3/b4-3+;5-3+. The largest absolute Gasteiger partial charge is 0.478 e. The lowest BCUT2D eigenvalue weighted by molar-refractivity contribution is -0.132. The molecule has 0 aliphatic heterocycles. The van der Waals surface area contributed by atoms with Gasteiger partial charge in [-0.15, -0.1) is 0 Å². The summed E-state index contributed by atoms with van der Waals surface area (Å²) in [7, 11) is 0. The Morgan fingerprint density at radius 2 is 1.69 bits per heavy atom. The van der Waals surface area contributed by atoms with Crippen LogP contribution in [0, 0.1) is 0 Å². The first-order chi connectivity index (χ1) is 5.99. The van der Waals surface area contributed by atoms with E-state index in [-0.39, 0.29) is 6.61 Å². The van der Waals surface area contributed by atoms with Gasteiger partial charge in [0.2, 0.25) is 0 Å². The first kappa shape index (κ1) is 14.4. The molecule has 0 bridgehead atoms. The van der Waals surface area contributed by atoms with Crippen LogP contribution in [0.4, 0.5) is 0 Å². The Morgan fingerprint density at radius 3 is 1.69 bits per heavy atom. The van der Waals surface area contributed by atoms with E-state index in [4.69, 9.17) is 10.2 Å². The number of aliphatic hydroxyl groups excluding tert-OH is 1. The third-order valence-corrected chi connectivity index (χ3v) is 1.51. The van der Waals surface area contributed by atoms with Crippen LogP contribution in [0.3, 0.4) is 0 Å². The molecule has 0 amide bonds. The molecule has 0 aromatic heterocycles. The topological polar surface area (TPSA) is 57.5 Å². The van der Waals surface area contributed by atoms with Crippen LogP contribution in [0.15, 0.2) is 23.3 Å². The quantitative estimate of drug-likeness (QED) is 0.512. The number of aliphatic carboxylic acids is 1. The zero-order valence-corrected chi connectivity index (χ0v) is 8.66. The summed E-state index contributed by atoms with van der Waals surface area (Å²) >= 11 is 0. The van der Waals surface area contributed by atoms with Crippen molar-refractivity contribution in [1.82, 2.24) is 0 Å². The van der Waals surface area contributed by atoms with Gasteiger partial charge in [0.1, 0.15) is 0 Å². The summed E-state index contributed by atoms with van der Waals surface area (Å²) in [6.07, 6.45) is 3.45. The summed E-state index contributed by atoms with van der Waals surface area (Å²) in [5, 5.41) is 16.4. The average Bonchev–Trinajstić information content (AvgIpc) is 2.16. The maximum Gasteiger partial charge on any atom is 0.330 e. The molecule has 0 aromatic carbocycles. The van der Waals surface area contributed by atoms with Gasteiger partial charge < -0.3 is 10.2 Å². The van der Waals surface area contributed by atoms with Crippen LogP contribution < -0.4 is 0 Å². The van der Waals surface area contributed by atoms with E-state index in [1.54, 1.807) is 19.9 Å². The molecule has 0 saturated heterocycles. The van der Waals surface area contributed by atoms with Crippen LogP contribution >= 0.6 is 0 Å². The molecule has 0 atom stereocenters. The van der Waals surface area contributed by atoms with Gasteiger partial charge in [0, 0.05) is 5.57 Å². The molecular weight excluding hydrogens is 168 g/mol. The molecule has 13 heavy (non-hydrogen) atoms. The summed E-state index contributed by atoms with van der Waals surface area (Å²) in [4.78, 5) is 9.86. The molecule has 0 rings (SSSR count). The van der Waals surface area contributed by atoms with Gasteiger partial charge in [0.25, 0.3) is 0 Å². The highest BCUT2D eigenvalue weighted by Crippen LogP contribution is 1.87. The lowest BCUT2D eigenvalue weighted by atomic mass is 10.3. The lowest BCUT2D eigenvalue weighted by Gasteiger charge is -1.84. The second-order valence-corrected chi connectivity index (χ2v) is 2.57. The Hall–Kier alpha value is -1.09. The van der Waals surface area contributed by atoms with Crippen molar-refractivity contribution in [1.29, 1.82) is 0 Å². The maximum absolute atomic E-state index is 9.86. The van der Waals surface area contributed by atoms with Gasteiger partial charge in [0.05, 0.1) is 6.61 Å². The fourth-order valence-electron chi connectivity index (χ4n) is 0.215. The number of carbonyl (C=O) groups is 1. The Labute approximate surface area is 79.4 Å². The molecule has 0 aliphatic carbocycles. The van der Waals surface area contributed by atoms with Crippen molar-refractivity contribution in [3.8, 4) is 0 Å². The van der Waals surface area contributed by atoms with Crippen LogP contribution in [0.1, 0.15) is 27.7 Å². The van der Waals surface area contributed by atoms with E-state index in [2.05, 4.69) is 0 Å². The molecule has 0 aromatic rings. The molecule has 2 N–H and O–H groups in total. The van der Waals surface area contributed by atoms with Crippen LogP contribution in [0.5, 0.6) is 0 Å². The van der Waals surface area contributed by atoms with Crippen molar-refractivity contribution in [2.75, 3.05) is 6.61 Å². The molecule has 0 saturated carbocycles. The van der Waals surface area contributed by atoms with Gasteiger partial charge >= 0.3 is 5.97 Å². The first-order valence-corrected chi connectivity index (χ1v) is 4.08. The molecule has 0 aliphatic rings. The highest BCUT2D eigenvalue weighted by molar-refractivity contribution is 5.85. The second-order valence-electron chi connectivity index (χ2n) is 2.57. The minimum Gasteiger partial charge on any atom is -0.478 e. The maximum atomic E-state index is 9.86. The van der Waals surface area contributed by atoms with Crippen molar-refractivity contribution >= 4 is 5.97 Å². The smallest absolute Gasteiger partial charge is 0.330 e. The van der Waals surface area contributed by atoms with Gasteiger partial charge in [-0.2, -0.15) is 0 Å². The summed E-state index contributed by atoms with van der Waals surface area (Å²) < 4.78 is 0. The van der Waals surface area contributed by atoms with E-state index in [9.17, 15) is 4.79 Å². The Balaban J connectivity index is 0. The summed E-state index contributed by atoms with van der Waals surface area (Å²) in [5.41, 5.74) is 1.41. The number of carboxylic acids is 1. The van der Waals surface area contributed by atoms with Crippen LogP contribution in [0.2, 0.25) is 0 Å². The van der Waals surface area contributed by atoms with Crippen molar-refractivity contribution in [3.05, 3.63) is 23.3 Å². The first-order valence-electron chi connectivity index (χ1n) is 4.08. The normalized spacial score (nSPS) is 11.8. The number of hydrogen-bond donors (Lipinski definition) is 2. The molecule has 76 valence electrons. The fraction of sp³-hybridized carbons (Fsp3) is 0.500. The summed E-state index contributed by atoms with van der Waals surface area (Å²) in [6.45, 7) is 7.24. The SMILES string of the molecule is C/C=C(\C)C(=O)O.C/C=C(\C)CO. The van der Waals surface area contributed by atoms with E-state index in [0.29, 0.717) is 5.57 Å². The van der Waals surface area contributed by atoms with E-state index in [0.717, 1.165) is 5.57 Å². The fourth-order valence-corrected chi connectivity index (χ4v) is 0.215. The highest BCUT2D eigenvalue weighted by atomic mass is 16.4. The number of carboxylic acid groups (broad SMARTS) is 1. The second kappa shape index (κ2) is 9.00. The molecule has 3 heteroatoms. The Bertz CT molecular complexity index is 202. The molecule has 0 radical (unpaired) electrons. The minimum absolute atomic E-state index is 0.191. The van der Waals surface area contributed by atoms with Crippen molar-refractivity contribution in [2.24, 2.45) is 0 Å². The van der Waals surface area contributed by atoms with Crippen molar-refractivity contribution in [2.45, 2.75) is 27.7 Å². The van der Waals surface area contributed by atoms with Gasteiger partial charge in [0.15, 0.2) is 0 Å². The molecule has 0 fully saturated rings. The van der Waals surface area contributed by atoms with E-state index in [1.165, 1.54) is 0 Å². The van der Waals surface area contributed by atoms with Crippen LogP contribution in [0.25, 0.3) is 0 Å². The van der Waals surface area contributed by atoms with Gasteiger partial charge in [-0.1, -0.05) is 17.7 Å². The predicted octanol–water partition coefficient (Wildman–Crippen LogP) is 1.98. The Morgan fingerprint density at radius 1 is 1.23 bits per heavy atom. The zero-order valence-electron chi connectivity index (χ0n) is 8.66. The average molecular weight is 186 g/mol. The van der Waals surface area contributed by atoms with Crippen LogP contribution in [-0.2, 0) is 4.79 Å². The van der Waals surface area contributed by atoms with Crippen molar-refractivity contribution in [3.63, 3.8) is 0 Å². The Kier molecular flexibility index (Phi) is 10.00. The third kappa shape index (κ3) is 10.9. The molecule has 0 heterocycles.